The molecule has 0 spiro atoms. The van der Waals surface area contributed by atoms with Crippen molar-refractivity contribution < 1.29 is 4.39 Å². The Bertz CT molecular complexity index is 547. The molecule has 3 nitrogen and oxygen atoms in total. The maximum atomic E-state index is 13.2. The average Bonchev–Trinajstić information content (AvgIpc) is 2.74. The maximum absolute atomic E-state index is 13.2. The van der Waals surface area contributed by atoms with Crippen LogP contribution in [0.1, 0.15) is 31.5 Å². The molecule has 88 valence electrons. The Kier molecular flexibility index (Phi) is 2.42. The highest BCUT2D eigenvalue weighted by Gasteiger charge is 2.22. The number of hydrogen-bond acceptors (Lipinski definition) is 2. The second-order valence-electron chi connectivity index (χ2n) is 4.59. The molecule has 0 fully saturated rings. The first-order valence-electron chi connectivity index (χ1n) is 5.95. The summed E-state index contributed by atoms with van der Waals surface area (Å²) in [6.07, 6.45) is 2.29. The number of halogens is 1. The summed E-state index contributed by atoms with van der Waals surface area (Å²) in [7, 11) is 0. The van der Waals surface area contributed by atoms with E-state index >= 15 is 0 Å². The van der Waals surface area contributed by atoms with Crippen LogP contribution in [-0.2, 0) is 6.54 Å². The number of fused-ring (bicyclic) bond motifs is 1. The molecule has 1 unspecified atom stereocenters. The van der Waals surface area contributed by atoms with E-state index in [9.17, 15) is 4.39 Å². The third-order valence-corrected chi connectivity index (χ3v) is 3.32. The lowest BCUT2D eigenvalue weighted by Crippen LogP contribution is -2.14. The first kappa shape index (κ1) is 10.4. The zero-order valence-electron chi connectivity index (χ0n) is 9.73. The Balaban J connectivity index is 2.10. The summed E-state index contributed by atoms with van der Waals surface area (Å²) < 4.78 is 15.3. The minimum Gasteiger partial charge on any atom is -0.311 e. The fourth-order valence-electron chi connectivity index (χ4n) is 2.43. The summed E-state index contributed by atoms with van der Waals surface area (Å²) in [6, 6.07) is 6.54. The van der Waals surface area contributed by atoms with Crippen molar-refractivity contribution in [1.29, 1.82) is 0 Å². The van der Waals surface area contributed by atoms with E-state index < -0.39 is 0 Å². The van der Waals surface area contributed by atoms with Crippen molar-refractivity contribution in [1.82, 2.24) is 14.8 Å². The van der Waals surface area contributed by atoms with Crippen LogP contribution < -0.4 is 0 Å². The largest absolute Gasteiger partial charge is 0.311 e. The first-order valence-corrected chi connectivity index (χ1v) is 5.95. The Morgan fingerprint density at radius 1 is 1.35 bits per heavy atom. The topological polar surface area (TPSA) is 30.7 Å². The van der Waals surface area contributed by atoms with Gasteiger partial charge in [-0.1, -0.05) is 19.1 Å². The lowest BCUT2D eigenvalue weighted by Gasteiger charge is -2.20. The summed E-state index contributed by atoms with van der Waals surface area (Å²) in [5.74, 6) is 2.02. The zero-order chi connectivity index (χ0) is 11.8. The Hall–Kier alpha value is -1.71. The summed E-state index contributed by atoms with van der Waals surface area (Å²) in [5.41, 5.74) is 0.804. The van der Waals surface area contributed by atoms with E-state index in [-0.39, 0.29) is 5.82 Å². The molecular weight excluding hydrogens is 217 g/mol. The molecule has 0 aliphatic carbocycles. The molecule has 2 aromatic rings. The van der Waals surface area contributed by atoms with Gasteiger partial charge in [-0.25, -0.2) is 4.39 Å². The van der Waals surface area contributed by atoms with E-state index in [1.54, 1.807) is 6.07 Å². The third kappa shape index (κ3) is 1.73. The highest BCUT2D eigenvalue weighted by molar-refractivity contribution is 5.55. The number of hydrogen-bond donors (Lipinski definition) is 0. The molecule has 0 saturated carbocycles. The lowest BCUT2D eigenvalue weighted by atomic mass is 10.0. The molecule has 17 heavy (non-hydrogen) atoms. The molecule has 2 heterocycles. The molecular formula is C13H14FN3. The van der Waals surface area contributed by atoms with Crippen molar-refractivity contribution in [2.45, 2.75) is 32.2 Å². The zero-order valence-corrected chi connectivity index (χ0v) is 9.73. The number of aromatic nitrogens is 3. The van der Waals surface area contributed by atoms with Gasteiger partial charge in [0.1, 0.15) is 11.6 Å². The quantitative estimate of drug-likeness (QED) is 0.755. The number of rotatable bonds is 1. The summed E-state index contributed by atoms with van der Waals surface area (Å²) >= 11 is 0. The first-order chi connectivity index (χ1) is 8.25. The predicted octanol–water partition coefficient (Wildman–Crippen LogP) is 2.98. The molecule has 3 rings (SSSR count). The van der Waals surface area contributed by atoms with Gasteiger partial charge in [-0.05, 0) is 25.0 Å². The van der Waals surface area contributed by atoms with E-state index in [2.05, 4.69) is 21.7 Å². The van der Waals surface area contributed by atoms with Crippen LogP contribution in [0.25, 0.3) is 11.4 Å². The Labute approximate surface area is 99.3 Å². The molecule has 1 aromatic carbocycles. The van der Waals surface area contributed by atoms with E-state index in [0.29, 0.717) is 5.92 Å². The van der Waals surface area contributed by atoms with Crippen LogP contribution >= 0.6 is 0 Å². The van der Waals surface area contributed by atoms with Crippen LogP contribution in [0.2, 0.25) is 0 Å². The van der Waals surface area contributed by atoms with E-state index in [1.165, 1.54) is 12.1 Å². The van der Waals surface area contributed by atoms with E-state index in [4.69, 9.17) is 0 Å². The van der Waals surface area contributed by atoms with Gasteiger partial charge in [0.25, 0.3) is 0 Å². The van der Waals surface area contributed by atoms with Crippen LogP contribution in [0.15, 0.2) is 24.3 Å². The molecule has 0 N–H and O–H groups in total. The van der Waals surface area contributed by atoms with Gasteiger partial charge in [0.15, 0.2) is 5.82 Å². The molecule has 0 radical (unpaired) electrons. The summed E-state index contributed by atoms with van der Waals surface area (Å²) in [6.45, 7) is 3.09. The molecule has 0 amide bonds. The molecule has 1 atom stereocenters. The van der Waals surface area contributed by atoms with Gasteiger partial charge in [-0.15, -0.1) is 10.2 Å². The van der Waals surface area contributed by atoms with Gasteiger partial charge in [-0.3, -0.25) is 0 Å². The summed E-state index contributed by atoms with van der Waals surface area (Å²) in [4.78, 5) is 0. The molecule has 4 heteroatoms. The standard InChI is InChI=1S/C13H14FN3/c1-9-4-3-7-17-12(9)15-16-13(17)10-5-2-6-11(14)8-10/h2,5-6,8-9H,3-4,7H2,1H3. The molecule has 1 aliphatic heterocycles. The van der Waals surface area contributed by atoms with Crippen molar-refractivity contribution in [3.8, 4) is 11.4 Å². The lowest BCUT2D eigenvalue weighted by molar-refractivity contribution is 0.466. The predicted molar refractivity (Wildman–Crippen MR) is 63.1 cm³/mol. The average molecular weight is 231 g/mol. The van der Waals surface area contributed by atoms with Crippen molar-refractivity contribution in [3.63, 3.8) is 0 Å². The second kappa shape index (κ2) is 3.95. The fourth-order valence-corrected chi connectivity index (χ4v) is 2.43. The third-order valence-electron chi connectivity index (χ3n) is 3.32. The number of nitrogens with zero attached hydrogens (tertiary/aromatic N) is 3. The smallest absolute Gasteiger partial charge is 0.164 e. The molecule has 1 aliphatic rings. The second-order valence-corrected chi connectivity index (χ2v) is 4.59. The van der Waals surface area contributed by atoms with E-state index in [1.807, 2.05) is 6.07 Å². The normalized spacial score (nSPS) is 19.1. The Morgan fingerprint density at radius 2 is 2.24 bits per heavy atom. The highest BCUT2D eigenvalue weighted by atomic mass is 19.1. The molecule has 1 aromatic heterocycles. The van der Waals surface area contributed by atoms with Crippen LogP contribution in [0.3, 0.4) is 0 Å². The van der Waals surface area contributed by atoms with Gasteiger partial charge in [0, 0.05) is 18.0 Å². The minimum atomic E-state index is -0.233. The van der Waals surface area contributed by atoms with Crippen LogP contribution in [0.5, 0.6) is 0 Å². The van der Waals surface area contributed by atoms with Crippen molar-refractivity contribution in [2.24, 2.45) is 0 Å². The van der Waals surface area contributed by atoms with Crippen LogP contribution in [0, 0.1) is 5.82 Å². The maximum Gasteiger partial charge on any atom is 0.164 e. The monoisotopic (exact) mass is 231 g/mol. The minimum absolute atomic E-state index is 0.233. The van der Waals surface area contributed by atoms with Crippen LogP contribution in [-0.4, -0.2) is 14.8 Å². The van der Waals surface area contributed by atoms with Gasteiger partial charge >= 0.3 is 0 Å². The fraction of sp³-hybridized carbons (Fsp3) is 0.385. The van der Waals surface area contributed by atoms with Crippen molar-refractivity contribution >= 4 is 0 Å². The van der Waals surface area contributed by atoms with Gasteiger partial charge in [-0.2, -0.15) is 0 Å². The van der Waals surface area contributed by atoms with Crippen molar-refractivity contribution in [2.75, 3.05) is 0 Å². The van der Waals surface area contributed by atoms with Crippen LogP contribution in [0.4, 0.5) is 4.39 Å². The van der Waals surface area contributed by atoms with Gasteiger partial charge < -0.3 is 4.57 Å². The summed E-state index contributed by atoms with van der Waals surface area (Å²) in [5, 5.41) is 8.44. The number of benzene rings is 1. The Morgan fingerprint density at radius 3 is 3.06 bits per heavy atom. The van der Waals surface area contributed by atoms with E-state index in [0.717, 1.165) is 36.6 Å². The molecule has 0 saturated heterocycles. The molecule has 0 bridgehead atoms. The van der Waals surface area contributed by atoms with Gasteiger partial charge in [0.05, 0.1) is 0 Å². The van der Waals surface area contributed by atoms with Crippen molar-refractivity contribution in [3.05, 3.63) is 35.9 Å². The highest BCUT2D eigenvalue weighted by Crippen LogP contribution is 2.29. The SMILES string of the molecule is CC1CCCn2c(-c3cccc(F)c3)nnc21. The van der Waals surface area contributed by atoms with Gasteiger partial charge in [0.2, 0.25) is 0 Å².